The summed E-state index contributed by atoms with van der Waals surface area (Å²) in [5.41, 5.74) is 13.9. The standard InChI is InChI=1S/C25H27ClN4S2/c26-17-8-11-19-21(16-17)29-24(30-25(19)20(28)6-3-1-2-4-14-27)13-10-18-9-12-23(32-18)22-7-5-15-31-22/h5,7-13,15-16,20H,1-4,6,14,27-28H2. The fourth-order valence-electron chi connectivity index (χ4n) is 3.65. The van der Waals surface area contributed by atoms with Crippen LogP contribution in [-0.2, 0) is 0 Å². The van der Waals surface area contributed by atoms with E-state index in [0.29, 0.717) is 10.8 Å². The van der Waals surface area contributed by atoms with Crippen LogP contribution in [0.2, 0.25) is 5.02 Å². The Morgan fingerprint density at radius 3 is 2.66 bits per heavy atom. The predicted octanol–water partition coefficient (Wildman–Crippen LogP) is 7.15. The number of unbranched alkanes of at least 4 members (excludes halogenated alkanes) is 3. The van der Waals surface area contributed by atoms with E-state index in [-0.39, 0.29) is 6.04 Å². The Balaban J connectivity index is 1.57. The van der Waals surface area contributed by atoms with E-state index >= 15 is 0 Å². The van der Waals surface area contributed by atoms with Gasteiger partial charge in [-0.1, -0.05) is 36.9 Å². The van der Waals surface area contributed by atoms with Gasteiger partial charge in [0.25, 0.3) is 0 Å². The van der Waals surface area contributed by atoms with E-state index in [1.165, 1.54) is 9.75 Å². The first-order chi connectivity index (χ1) is 15.6. The molecule has 1 atom stereocenters. The van der Waals surface area contributed by atoms with E-state index in [4.69, 9.17) is 33.0 Å². The molecule has 0 aliphatic carbocycles. The Labute approximate surface area is 202 Å². The zero-order chi connectivity index (χ0) is 22.3. The van der Waals surface area contributed by atoms with Crippen LogP contribution in [0.1, 0.15) is 54.5 Å². The lowest BCUT2D eigenvalue weighted by Crippen LogP contribution is -2.14. The average Bonchev–Trinajstić information content (AvgIpc) is 3.48. The van der Waals surface area contributed by atoms with E-state index in [9.17, 15) is 0 Å². The number of fused-ring (bicyclic) bond motifs is 1. The number of aromatic nitrogens is 2. The minimum absolute atomic E-state index is 0.140. The molecule has 3 heterocycles. The molecule has 4 aromatic rings. The smallest absolute Gasteiger partial charge is 0.152 e. The van der Waals surface area contributed by atoms with Crippen molar-refractivity contribution in [3.63, 3.8) is 0 Å². The van der Waals surface area contributed by atoms with E-state index in [2.05, 4.69) is 35.7 Å². The van der Waals surface area contributed by atoms with Crippen molar-refractivity contribution in [2.75, 3.05) is 6.54 Å². The Kier molecular flexibility index (Phi) is 8.05. The van der Waals surface area contributed by atoms with Crippen molar-refractivity contribution >= 4 is 57.3 Å². The molecule has 0 aliphatic rings. The van der Waals surface area contributed by atoms with E-state index in [0.717, 1.165) is 60.1 Å². The fraction of sp³-hybridized carbons (Fsp3) is 0.280. The van der Waals surface area contributed by atoms with Crippen LogP contribution in [0.3, 0.4) is 0 Å². The lowest BCUT2D eigenvalue weighted by Gasteiger charge is -2.14. The quantitative estimate of drug-likeness (QED) is 0.235. The molecule has 4 N–H and O–H groups in total. The third-order valence-corrected chi connectivity index (χ3v) is 7.66. The van der Waals surface area contributed by atoms with Gasteiger partial charge in [-0.3, -0.25) is 0 Å². The first kappa shape index (κ1) is 23.1. The van der Waals surface area contributed by atoms with Gasteiger partial charge >= 0.3 is 0 Å². The highest BCUT2D eigenvalue weighted by atomic mass is 35.5. The third-order valence-electron chi connectivity index (χ3n) is 5.31. The molecule has 0 bridgehead atoms. The topological polar surface area (TPSA) is 77.8 Å². The molecule has 0 aliphatic heterocycles. The molecule has 0 saturated heterocycles. The van der Waals surface area contributed by atoms with Crippen molar-refractivity contribution in [1.29, 1.82) is 0 Å². The molecule has 32 heavy (non-hydrogen) atoms. The molecular weight excluding hydrogens is 456 g/mol. The second-order valence-corrected chi connectivity index (χ2v) is 10.2. The van der Waals surface area contributed by atoms with Crippen molar-refractivity contribution in [3.8, 4) is 9.75 Å². The number of nitrogens with zero attached hydrogens (tertiary/aromatic N) is 2. The van der Waals surface area contributed by atoms with Crippen LogP contribution in [-0.4, -0.2) is 16.5 Å². The molecule has 1 aromatic carbocycles. The number of thiophene rings is 2. The van der Waals surface area contributed by atoms with E-state index in [1.807, 2.05) is 24.3 Å². The van der Waals surface area contributed by atoms with Crippen LogP contribution in [0.25, 0.3) is 32.8 Å². The number of benzene rings is 1. The molecule has 0 saturated carbocycles. The zero-order valence-electron chi connectivity index (χ0n) is 17.8. The highest BCUT2D eigenvalue weighted by Gasteiger charge is 2.14. The number of rotatable bonds is 10. The number of hydrogen-bond donors (Lipinski definition) is 2. The van der Waals surface area contributed by atoms with Gasteiger partial charge in [-0.15, -0.1) is 22.7 Å². The molecule has 166 valence electrons. The zero-order valence-corrected chi connectivity index (χ0v) is 20.2. The van der Waals surface area contributed by atoms with E-state index in [1.54, 1.807) is 22.7 Å². The highest BCUT2D eigenvalue weighted by molar-refractivity contribution is 7.21. The van der Waals surface area contributed by atoms with Crippen LogP contribution in [0.4, 0.5) is 0 Å². The summed E-state index contributed by atoms with van der Waals surface area (Å²) in [6.07, 6.45) is 9.32. The maximum Gasteiger partial charge on any atom is 0.152 e. The van der Waals surface area contributed by atoms with Gasteiger partial charge in [0.1, 0.15) is 0 Å². The van der Waals surface area contributed by atoms with Crippen molar-refractivity contribution in [2.45, 2.75) is 38.1 Å². The summed E-state index contributed by atoms with van der Waals surface area (Å²) in [5, 5.41) is 3.73. The first-order valence-corrected chi connectivity index (χ1v) is 13.0. The molecule has 3 aromatic heterocycles. The minimum atomic E-state index is -0.140. The Morgan fingerprint density at radius 2 is 1.84 bits per heavy atom. The molecule has 0 fully saturated rings. The van der Waals surface area contributed by atoms with Crippen molar-refractivity contribution in [2.24, 2.45) is 11.5 Å². The van der Waals surface area contributed by atoms with Gasteiger partial charge in [-0.25, -0.2) is 9.97 Å². The van der Waals surface area contributed by atoms with Crippen LogP contribution < -0.4 is 11.5 Å². The summed E-state index contributed by atoms with van der Waals surface area (Å²) < 4.78 is 0. The van der Waals surface area contributed by atoms with Gasteiger partial charge in [-0.05, 0) is 73.3 Å². The summed E-state index contributed by atoms with van der Waals surface area (Å²) in [6, 6.07) is 14.1. The van der Waals surface area contributed by atoms with Gasteiger partial charge in [-0.2, -0.15) is 0 Å². The maximum atomic E-state index is 6.58. The predicted molar refractivity (Wildman–Crippen MR) is 140 cm³/mol. The van der Waals surface area contributed by atoms with Crippen molar-refractivity contribution < 1.29 is 0 Å². The summed E-state index contributed by atoms with van der Waals surface area (Å²) in [6.45, 7) is 0.748. The van der Waals surface area contributed by atoms with Crippen LogP contribution in [0.5, 0.6) is 0 Å². The average molecular weight is 483 g/mol. The molecule has 1 unspecified atom stereocenters. The molecule has 4 nitrogen and oxygen atoms in total. The van der Waals surface area contributed by atoms with Crippen molar-refractivity contribution in [3.05, 3.63) is 69.3 Å². The van der Waals surface area contributed by atoms with Crippen LogP contribution in [0.15, 0.2) is 47.8 Å². The summed E-state index contributed by atoms with van der Waals surface area (Å²) >= 11 is 9.75. The van der Waals surface area contributed by atoms with Gasteiger partial charge in [0, 0.05) is 31.1 Å². The lowest BCUT2D eigenvalue weighted by atomic mass is 10.0. The van der Waals surface area contributed by atoms with Crippen molar-refractivity contribution in [1.82, 2.24) is 9.97 Å². The molecule has 4 rings (SSSR count). The van der Waals surface area contributed by atoms with Gasteiger partial charge in [0.2, 0.25) is 0 Å². The monoisotopic (exact) mass is 482 g/mol. The SMILES string of the molecule is NCCCCCCC(N)c1nc(C=Cc2ccc(-c3cccs3)s2)nc2cc(Cl)ccc12. The Hall–Kier alpha value is -2.09. The molecule has 0 radical (unpaired) electrons. The van der Waals surface area contributed by atoms with Crippen LogP contribution >= 0.6 is 34.3 Å². The largest absolute Gasteiger partial charge is 0.330 e. The van der Waals surface area contributed by atoms with Gasteiger partial charge in [0.15, 0.2) is 5.82 Å². The summed E-state index contributed by atoms with van der Waals surface area (Å²) in [7, 11) is 0. The Morgan fingerprint density at radius 1 is 0.969 bits per heavy atom. The number of nitrogens with two attached hydrogens (primary N) is 2. The third kappa shape index (κ3) is 5.82. The maximum absolute atomic E-state index is 6.58. The minimum Gasteiger partial charge on any atom is -0.330 e. The molecular formula is C25H27ClN4S2. The Bertz CT molecular complexity index is 1180. The van der Waals surface area contributed by atoms with E-state index < -0.39 is 0 Å². The van der Waals surface area contributed by atoms with Gasteiger partial charge in [0.05, 0.1) is 11.2 Å². The number of halogens is 1. The number of hydrogen-bond acceptors (Lipinski definition) is 6. The molecule has 7 heteroatoms. The fourth-order valence-corrected chi connectivity index (χ4v) is 5.56. The van der Waals surface area contributed by atoms with Gasteiger partial charge < -0.3 is 11.5 Å². The normalized spacial score (nSPS) is 12.7. The molecule has 0 spiro atoms. The van der Waals surface area contributed by atoms with Crippen LogP contribution in [0, 0.1) is 0 Å². The second-order valence-electron chi connectivity index (χ2n) is 7.74. The second kappa shape index (κ2) is 11.2. The lowest BCUT2D eigenvalue weighted by molar-refractivity contribution is 0.554. The summed E-state index contributed by atoms with van der Waals surface area (Å²) in [4.78, 5) is 13.3. The molecule has 0 amide bonds. The first-order valence-electron chi connectivity index (χ1n) is 10.9. The summed E-state index contributed by atoms with van der Waals surface area (Å²) in [5.74, 6) is 0.652. The highest BCUT2D eigenvalue weighted by Crippen LogP contribution is 2.32.